The first-order valence-electron chi connectivity index (χ1n) is 8.51. The normalized spacial score (nSPS) is 21.3. The van der Waals surface area contributed by atoms with Crippen molar-refractivity contribution in [3.63, 3.8) is 0 Å². The maximum absolute atomic E-state index is 14.2. The fourth-order valence-corrected chi connectivity index (χ4v) is 3.28. The number of alkyl halides is 2. The number of aliphatic hydroxyl groups excluding tert-OH is 1. The van der Waals surface area contributed by atoms with Gasteiger partial charge in [-0.1, -0.05) is 0 Å². The number of hydrogen-bond acceptors (Lipinski definition) is 7. The summed E-state index contributed by atoms with van der Waals surface area (Å²) in [6.45, 7) is -1.10. The van der Waals surface area contributed by atoms with E-state index in [9.17, 15) is 18.4 Å². The van der Waals surface area contributed by atoms with Crippen LogP contribution in [0.3, 0.4) is 0 Å². The molecule has 0 aromatic heterocycles. The van der Waals surface area contributed by atoms with Gasteiger partial charge in [0.15, 0.2) is 0 Å². The lowest BCUT2D eigenvalue weighted by Gasteiger charge is -2.41. The molecular formula is C17H18F2N4O4S. The predicted octanol–water partition coefficient (Wildman–Crippen LogP) is 1.35. The van der Waals surface area contributed by atoms with Gasteiger partial charge in [0.05, 0.1) is 18.3 Å². The van der Waals surface area contributed by atoms with Crippen LogP contribution in [0.2, 0.25) is 0 Å². The summed E-state index contributed by atoms with van der Waals surface area (Å²) in [5.74, 6) is -1.000. The lowest BCUT2D eigenvalue weighted by molar-refractivity contribution is -0.178. The number of rotatable bonds is 5. The molecule has 0 aliphatic carbocycles. The van der Waals surface area contributed by atoms with Gasteiger partial charge in [0.2, 0.25) is 0 Å². The summed E-state index contributed by atoms with van der Waals surface area (Å²) in [4.78, 5) is 30.5. The molecule has 2 amide bonds. The van der Waals surface area contributed by atoms with Gasteiger partial charge in [-0.05, 0) is 36.5 Å². The summed E-state index contributed by atoms with van der Waals surface area (Å²) in [6.07, 6.45) is -0.932. The number of carbonyl (C=O) groups excluding carboxylic acids is 2. The fraction of sp³-hybridized carbons (Fsp3) is 0.471. The minimum Gasteiger partial charge on any atom is -0.442 e. The largest absolute Gasteiger partial charge is 0.442 e. The van der Waals surface area contributed by atoms with Gasteiger partial charge in [-0.2, -0.15) is 8.78 Å². The third kappa shape index (κ3) is 4.11. The van der Waals surface area contributed by atoms with E-state index < -0.39 is 37.3 Å². The second-order valence-electron chi connectivity index (χ2n) is 6.36. The molecule has 0 saturated carbocycles. The lowest BCUT2D eigenvalue weighted by Crippen LogP contribution is -2.60. The number of nitrogens with zero attached hydrogens (tertiary/aromatic N) is 4. The molecule has 1 N–H and O–H groups in total. The number of hydrogen-bond donors (Lipinski definition) is 1. The predicted molar refractivity (Wildman–Crippen MR) is 99.9 cm³/mol. The molecule has 0 bridgehead atoms. The molecule has 2 aliphatic heterocycles. The third-order valence-electron chi connectivity index (χ3n) is 4.57. The Morgan fingerprint density at radius 3 is 2.61 bits per heavy atom. The fourth-order valence-electron chi connectivity index (χ4n) is 3.20. The van der Waals surface area contributed by atoms with Crippen molar-refractivity contribution in [2.75, 3.05) is 49.1 Å². The second-order valence-corrected chi connectivity index (χ2v) is 6.54. The number of aliphatic hydroxyl groups is 1. The minimum atomic E-state index is -3.38. The van der Waals surface area contributed by atoms with Gasteiger partial charge in [0, 0.05) is 24.5 Å². The zero-order valence-electron chi connectivity index (χ0n) is 14.8. The summed E-state index contributed by atoms with van der Waals surface area (Å²) in [6, 6.07) is 3.16. The van der Waals surface area contributed by atoms with Crippen LogP contribution in [0.25, 0.3) is 0 Å². The second kappa shape index (κ2) is 8.17. The molecule has 2 fully saturated rings. The Labute approximate surface area is 165 Å². The number of cyclic esters (lactones) is 1. The molecule has 1 aromatic rings. The highest BCUT2D eigenvalue weighted by molar-refractivity contribution is 7.78. The summed E-state index contributed by atoms with van der Waals surface area (Å²) >= 11 is 4.50. The van der Waals surface area contributed by atoms with Crippen molar-refractivity contribution in [3.05, 3.63) is 24.3 Å². The minimum absolute atomic E-state index is 0.198. The van der Waals surface area contributed by atoms with Crippen molar-refractivity contribution in [1.82, 2.24) is 4.90 Å². The van der Waals surface area contributed by atoms with E-state index in [1.54, 1.807) is 24.3 Å². The number of anilines is 2. The van der Waals surface area contributed by atoms with Crippen molar-refractivity contribution in [1.29, 1.82) is 0 Å². The van der Waals surface area contributed by atoms with Gasteiger partial charge in [-0.25, -0.2) is 9.79 Å². The molecule has 1 atom stereocenters. The lowest BCUT2D eigenvalue weighted by atomic mass is 10.2. The van der Waals surface area contributed by atoms with E-state index in [0.29, 0.717) is 22.8 Å². The van der Waals surface area contributed by atoms with Gasteiger partial charge in [0.25, 0.3) is 5.91 Å². The zero-order chi connectivity index (χ0) is 20.3. The molecule has 2 aliphatic rings. The SMILES string of the molecule is O=C1O[C@H](CN=C=S)CN1c1ccc(N2CCN(C(=O)CO)C(F)(F)C2)cc1. The monoisotopic (exact) mass is 412 g/mol. The van der Waals surface area contributed by atoms with Crippen molar-refractivity contribution in [2.45, 2.75) is 12.2 Å². The molecule has 2 heterocycles. The van der Waals surface area contributed by atoms with E-state index in [1.807, 2.05) is 0 Å². The number of amides is 2. The number of aliphatic imine (C=N–C) groups is 1. The number of halogens is 2. The molecule has 3 rings (SSSR count). The summed E-state index contributed by atoms with van der Waals surface area (Å²) in [7, 11) is 0. The highest BCUT2D eigenvalue weighted by Crippen LogP contribution is 2.30. The van der Waals surface area contributed by atoms with Crippen LogP contribution in [0.1, 0.15) is 0 Å². The van der Waals surface area contributed by atoms with Crippen LogP contribution < -0.4 is 9.80 Å². The number of piperazine rings is 1. The quantitative estimate of drug-likeness (QED) is 0.446. The third-order valence-corrected chi connectivity index (χ3v) is 4.70. The van der Waals surface area contributed by atoms with Gasteiger partial charge in [-0.15, -0.1) is 0 Å². The van der Waals surface area contributed by atoms with Crippen LogP contribution in [-0.2, 0) is 9.53 Å². The standard InChI is InChI=1S/C17H18F2N4O4S/c18-17(19)10-21(5-6-23(17)15(25)9-24)12-1-3-13(4-2-12)22-8-14(7-20-11-28)27-16(22)26/h1-4,14,24H,5-10H2/t14-/m1/s1. The van der Waals surface area contributed by atoms with Crippen LogP contribution >= 0.6 is 12.2 Å². The molecule has 0 spiro atoms. The van der Waals surface area contributed by atoms with Crippen molar-refractivity contribution in [2.24, 2.45) is 4.99 Å². The molecule has 0 unspecified atom stereocenters. The number of carbonyl (C=O) groups is 2. The molecule has 150 valence electrons. The maximum atomic E-state index is 14.2. The summed E-state index contributed by atoms with van der Waals surface area (Å²) in [5, 5.41) is 11.1. The van der Waals surface area contributed by atoms with E-state index in [1.165, 1.54) is 9.80 Å². The Morgan fingerprint density at radius 2 is 2.00 bits per heavy atom. The average molecular weight is 412 g/mol. The number of isothiocyanates is 1. The molecule has 0 radical (unpaired) electrons. The van der Waals surface area contributed by atoms with Crippen molar-refractivity contribution in [3.8, 4) is 0 Å². The molecular weight excluding hydrogens is 394 g/mol. The van der Waals surface area contributed by atoms with Gasteiger partial charge >= 0.3 is 12.1 Å². The first-order valence-corrected chi connectivity index (χ1v) is 8.92. The Morgan fingerprint density at radius 1 is 1.32 bits per heavy atom. The maximum Gasteiger partial charge on any atom is 0.414 e. The summed E-state index contributed by atoms with van der Waals surface area (Å²) < 4.78 is 33.6. The Bertz CT molecular complexity index is 801. The molecule has 28 heavy (non-hydrogen) atoms. The topological polar surface area (TPSA) is 85.7 Å². The van der Waals surface area contributed by atoms with Gasteiger partial charge in [0.1, 0.15) is 19.3 Å². The van der Waals surface area contributed by atoms with E-state index in [4.69, 9.17) is 9.84 Å². The van der Waals surface area contributed by atoms with Crippen LogP contribution in [-0.4, -0.2) is 78.6 Å². The molecule has 8 nitrogen and oxygen atoms in total. The average Bonchev–Trinajstić information content (AvgIpc) is 3.05. The Hall–Kier alpha value is -2.62. The zero-order valence-corrected chi connectivity index (χ0v) is 15.6. The highest BCUT2D eigenvalue weighted by atomic mass is 32.1. The van der Waals surface area contributed by atoms with Crippen LogP contribution in [0.15, 0.2) is 29.3 Å². The Balaban J connectivity index is 1.67. The smallest absolute Gasteiger partial charge is 0.414 e. The van der Waals surface area contributed by atoms with Crippen molar-refractivity contribution >= 4 is 40.8 Å². The van der Waals surface area contributed by atoms with Crippen molar-refractivity contribution < 1.29 is 28.2 Å². The van der Waals surface area contributed by atoms with Crippen LogP contribution in [0, 0.1) is 0 Å². The Kier molecular flexibility index (Phi) is 5.87. The first kappa shape index (κ1) is 20.1. The molecule has 11 heteroatoms. The number of benzene rings is 1. The highest BCUT2D eigenvalue weighted by Gasteiger charge is 2.45. The van der Waals surface area contributed by atoms with E-state index in [0.717, 1.165) is 0 Å². The number of thiocarbonyl (C=S) groups is 1. The first-order chi connectivity index (χ1) is 13.4. The summed E-state index contributed by atoms with van der Waals surface area (Å²) in [5.41, 5.74) is 1.11. The van der Waals surface area contributed by atoms with Gasteiger partial charge in [-0.3, -0.25) is 14.6 Å². The van der Waals surface area contributed by atoms with E-state index in [2.05, 4.69) is 22.4 Å². The molecule has 2 saturated heterocycles. The van der Waals surface area contributed by atoms with E-state index >= 15 is 0 Å². The number of ether oxygens (including phenoxy) is 1. The van der Waals surface area contributed by atoms with Crippen LogP contribution in [0.4, 0.5) is 25.0 Å². The van der Waals surface area contributed by atoms with Gasteiger partial charge < -0.3 is 14.7 Å². The van der Waals surface area contributed by atoms with Crippen LogP contribution in [0.5, 0.6) is 0 Å². The molecule has 1 aromatic carbocycles. The van der Waals surface area contributed by atoms with E-state index in [-0.39, 0.29) is 19.6 Å².